The summed E-state index contributed by atoms with van der Waals surface area (Å²) in [7, 11) is 0. The van der Waals surface area contributed by atoms with E-state index in [9.17, 15) is 4.79 Å². The van der Waals surface area contributed by atoms with Crippen molar-refractivity contribution in [1.82, 2.24) is 10.1 Å². The minimum Gasteiger partial charge on any atom is -0.373 e. The van der Waals surface area contributed by atoms with E-state index in [0.29, 0.717) is 49.7 Å². The molecule has 0 spiro atoms. The highest BCUT2D eigenvalue weighted by Crippen LogP contribution is 2.18. The summed E-state index contributed by atoms with van der Waals surface area (Å²) < 4.78 is 10.6. The fourth-order valence-electron chi connectivity index (χ4n) is 2.14. The van der Waals surface area contributed by atoms with Gasteiger partial charge in [0.2, 0.25) is 0 Å². The molecule has 6 nitrogen and oxygen atoms in total. The number of ether oxygens (including phenoxy) is 1. The topological polar surface area (TPSA) is 81.6 Å². The smallest absolute Gasteiger partial charge is 0.259 e. The van der Waals surface area contributed by atoms with E-state index in [1.807, 2.05) is 6.92 Å². The lowest BCUT2D eigenvalue weighted by molar-refractivity contribution is -0.0168. The van der Waals surface area contributed by atoms with Gasteiger partial charge in [-0.25, -0.2) is 0 Å². The predicted molar refractivity (Wildman–Crippen MR) is 65.3 cm³/mol. The maximum Gasteiger partial charge on any atom is 0.259 e. The Morgan fingerprint density at radius 1 is 1.61 bits per heavy atom. The summed E-state index contributed by atoms with van der Waals surface area (Å²) in [5.74, 6) is 0.612. The zero-order chi connectivity index (χ0) is 13.1. The fourth-order valence-corrected chi connectivity index (χ4v) is 2.14. The first-order valence-electron chi connectivity index (χ1n) is 6.23. The standard InChI is InChI=1S/C12H19N3O3/c1-3-10-11(8(2)14-18-10)12(16)15-4-5-17-9(6-13)7-15/h9H,3-7,13H2,1-2H3. The van der Waals surface area contributed by atoms with Crippen LogP contribution in [0.4, 0.5) is 0 Å². The van der Waals surface area contributed by atoms with Crippen LogP contribution in [0.1, 0.15) is 28.7 Å². The summed E-state index contributed by atoms with van der Waals surface area (Å²) >= 11 is 0. The normalized spacial score (nSPS) is 20.2. The minimum absolute atomic E-state index is 0.0349. The summed E-state index contributed by atoms with van der Waals surface area (Å²) in [6.45, 7) is 5.80. The number of aromatic nitrogens is 1. The van der Waals surface area contributed by atoms with Crippen LogP contribution in [-0.2, 0) is 11.2 Å². The van der Waals surface area contributed by atoms with Gasteiger partial charge in [-0.05, 0) is 6.92 Å². The van der Waals surface area contributed by atoms with Gasteiger partial charge in [0.15, 0.2) is 0 Å². The first-order chi connectivity index (χ1) is 8.67. The van der Waals surface area contributed by atoms with E-state index in [1.165, 1.54) is 0 Å². The van der Waals surface area contributed by atoms with Gasteiger partial charge in [-0.3, -0.25) is 4.79 Å². The van der Waals surface area contributed by atoms with Gasteiger partial charge in [-0.15, -0.1) is 0 Å². The molecule has 0 radical (unpaired) electrons. The first-order valence-corrected chi connectivity index (χ1v) is 6.23. The van der Waals surface area contributed by atoms with Gasteiger partial charge in [0.05, 0.1) is 18.4 Å². The minimum atomic E-state index is -0.0760. The van der Waals surface area contributed by atoms with Crippen LogP contribution in [-0.4, -0.2) is 48.3 Å². The Kier molecular flexibility index (Phi) is 3.98. The number of amides is 1. The second kappa shape index (κ2) is 5.49. The molecule has 1 aromatic rings. The summed E-state index contributed by atoms with van der Waals surface area (Å²) in [6.07, 6.45) is 0.583. The van der Waals surface area contributed by atoms with Crippen molar-refractivity contribution in [3.05, 3.63) is 17.0 Å². The van der Waals surface area contributed by atoms with Crippen molar-refractivity contribution in [1.29, 1.82) is 0 Å². The van der Waals surface area contributed by atoms with Gasteiger partial charge in [-0.1, -0.05) is 12.1 Å². The van der Waals surface area contributed by atoms with Gasteiger partial charge < -0.3 is 19.9 Å². The van der Waals surface area contributed by atoms with Crippen molar-refractivity contribution in [2.75, 3.05) is 26.2 Å². The van der Waals surface area contributed by atoms with E-state index in [1.54, 1.807) is 11.8 Å². The SMILES string of the molecule is CCc1onc(C)c1C(=O)N1CCOC(CN)C1. The number of carbonyl (C=O) groups is 1. The van der Waals surface area contributed by atoms with E-state index < -0.39 is 0 Å². The Morgan fingerprint density at radius 2 is 2.39 bits per heavy atom. The first kappa shape index (κ1) is 13.0. The third kappa shape index (κ3) is 2.39. The van der Waals surface area contributed by atoms with Crippen molar-refractivity contribution in [2.24, 2.45) is 5.73 Å². The molecule has 1 fully saturated rings. The number of aryl methyl sites for hydroxylation is 2. The monoisotopic (exact) mass is 253 g/mol. The van der Waals surface area contributed by atoms with Gasteiger partial charge in [0.25, 0.3) is 5.91 Å². The number of nitrogens with zero attached hydrogens (tertiary/aromatic N) is 2. The molecule has 1 saturated heterocycles. The number of hydrogen-bond donors (Lipinski definition) is 1. The average molecular weight is 253 g/mol. The van der Waals surface area contributed by atoms with Crippen LogP contribution < -0.4 is 5.73 Å². The van der Waals surface area contributed by atoms with Gasteiger partial charge >= 0.3 is 0 Å². The quantitative estimate of drug-likeness (QED) is 0.840. The second-order valence-electron chi connectivity index (χ2n) is 4.40. The van der Waals surface area contributed by atoms with Crippen LogP contribution in [0.5, 0.6) is 0 Å². The Balaban J connectivity index is 2.17. The van der Waals surface area contributed by atoms with Crippen molar-refractivity contribution in [2.45, 2.75) is 26.4 Å². The molecule has 0 bridgehead atoms. The molecule has 0 aliphatic carbocycles. The Bertz CT molecular complexity index is 430. The van der Waals surface area contributed by atoms with Crippen LogP contribution in [0, 0.1) is 6.92 Å². The highest BCUT2D eigenvalue weighted by Gasteiger charge is 2.28. The van der Waals surface area contributed by atoms with Crippen LogP contribution in [0.3, 0.4) is 0 Å². The molecule has 1 amide bonds. The molecule has 1 aliphatic rings. The molecule has 2 heterocycles. The number of morpholine rings is 1. The summed E-state index contributed by atoms with van der Waals surface area (Å²) in [4.78, 5) is 14.2. The number of hydrogen-bond acceptors (Lipinski definition) is 5. The third-order valence-corrected chi connectivity index (χ3v) is 3.16. The molecule has 1 unspecified atom stereocenters. The van der Waals surface area contributed by atoms with Gasteiger partial charge in [0.1, 0.15) is 11.3 Å². The van der Waals surface area contributed by atoms with Crippen molar-refractivity contribution in [3.63, 3.8) is 0 Å². The predicted octanol–water partition coefficient (Wildman–Crippen LogP) is 0.345. The molecular formula is C12H19N3O3. The van der Waals surface area contributed by atoms with E-state index in [0.717, 1.165) is 0 Å². The van der Waals surface area contributed by atoms with Crippen LogP contribution in [0.2, 0.25) is 0 Å². The average Bonchev–Trinajstić information content (AvgIpc) is 2.79. The molecule has 0 aromatic carbocycles. The molecular weight excluding hydrogens is 234 g/mol. The lowest BCUT2D eigenvalue weighted by atomic mass is 10.1. The summed E-state index contributed by atoms with van der Waals surface area (Å²) in [6, 6.07) is 0. The second-order valence-corrected chi connectivity index (χ2v) is 4.40. The number of nitrogens with two attached hydrogens (primary N) is 1. The molecule has 18 heavy (non-hydrogen) atoms. The third-order valence-electron chi connectivity index (χ3n) is 3.16. The Hall–Kier alpha value is -1.40. The van der Waals surface area contributed by atoms with Crippen molar-refractivity contribution >= 4 is 5.91 Å². The van der Waals surface area contributed by atoms with Crippen molar-refractivity contribution in [3.8, 4) is 0 Å². The molecule has 2 N–H and O–H groups in total. The summed E-state index contributed by atoms with van der Waals surface area (Å²) in [5, 5.41) is 3.86. The highest BCUT2D eigenvalue weighted by molar-refractivity contribution is 5.96. The lowest BCUT2D eigenvalue weighted by Crippen LogP contribution is -2.48. The molecule has 1 aliphatic heterocycles. The molecule has 100 valence electrons. The highest BCUT2D eigenvalue weighted by atomic mass is 16.5. The van der Waals surface area contributed by atoms with Crippen molar-refractivity contribution < 1.29 is 14.1 Å². The van der Waals surface area contributed by atoms with Gasteiger partial charge in [-0.2, -0.15) is 0 Å². The van der Waals surface area contributed by atoms with Gasteiger partial charge in [0, 0.05) is 26.1 Å². The molecule has 1 aromatic heterocycles. The summed E-state index contributed by atoms with van der Waals surface area (Å²) in [5.41, 5.74) is 6.82. The zero-order valence-corrected chi connectivity index (χ0v) is 10.8. The largest absolute Gasteiger partial charge is 0.373 e. The Labute approximate surface area is 106 Å². The maximum atomic E-state index is 12.5. The lowest BCUT2D eigenvalue weighted by Gasteiger charge is -2.32. The van der Waals surface area contributed by atoms with E-state index in [2.05, 4.69) is 5.16 Å². The van der Waals surface area contributed by atoms with Crippen LogP contribution >= 0.6 is 0 Å². The fraction of sp³-hybridized carbons (Fsp3) is 0.667. The molecule has 6 heteroatoms. The molecule has 0 saturated carbocycles. The maximum absolute atomic E-state index is 12.5. The number of carbonyl (C=O) groups excluding carboxylic acids is 1. The van der Waals surface area contributed by atoms with Crippen LogP contribution in [0.25, 0.3) is 0 Å². The molecule has 2 rings (SSSR count). The molecule has 1 atom stereocenters. The van der Waals surface area contributed by atoms with Crippen LogP contribution in [0.15, 0.2) is 4.52 Å². The van der Waals surface area contributed by atoms with E-state index >= 15 is 0 Å². The van der Waals surface area contributed by atoms with E-state index in [-0.39, 0.29) is 12.0 Å². The zero-order valence-electron chi connectivity index (χ0n) is 10.8. The van der Waals surface area contributed by atoms with E-state index in [4.69, 9.17) is 15.0 Å². The number of rotatable bonds is 3. The Morgan fingerprint density at radius 3 is 3.06 bits per heavy atom.